The van der Waals surface area contributed by atoms with Crippen molar-refractivity contribution in [3.63, 3.8) is 0 Å². The summed E-state index contributed by atoms with van der Waals surface area (Å²) in [7, 11) is 0. The molecule has 4 atom stereocenters. The maximum absolute atomic E-state index is 12.5. The number of hydrogen-bond donors (Lipinski definition) is 2. The molecule has 0 aliphatic heterocycles. The highest BCUT2D eigenvalue weighted by molar-refractivity contribution is 5.80. The fourth-order valence-electron chi connectivity index (χ4n) is 4.09. The Bertz CT molecular complexity index is 380. The molecule has 0 aromatic carbocycles. The first-order valence-electron chi connectivity index (χ1n) is 8.52. The predicted molar refractivity (Wildman–Crippen MR) is 81.8 cm³/mol. The Morgan fingerprint density at radius 2 is 1.67 bits per heavy atom. The van der Waals surface area contributed by atoms with E-state index in [-0.39, 0.29) is 23.8 Å². The predicted octanol–water partition coefficient (Wildman–Crippen LogP) is 3.21. The molecule has 0 spiro atoms. The van der Waals surface area contributed by atoms with Crippen LogP contribution in [0.3, 0.4) is 0 Å². The number of carbonyl (C=O) groups excluding carboxylic acids is 1. The molecule has 2 rings (SSSR count). The quantitative estimate of drug-likeness (QED) is 0.837. The molecule has 0 aromatic rings. The van der Waals surface area contributed by atoms with E-state index in [9.17, 15) is 9.59 Å². The molecular formula is C17H29NO3. The minimum absolute atomic E-state index is 0.0958. The van der Waals surface area contributed by atoms with Crippen LogP contribution in [0.2, 0.25) is 0 Å². The average Bonchev–Trinajstić information content (AvgIpc) is 2.47. The fraction of sp³-hybridized carbons (Fsp3) is 0.882. The topological polar surface area (TPSA) is 66.4 Å². The van der Waals surface area contributed by atoms with E-state index in [4.69, 9.17) is 5.11 Å². The molecular weight excluding hydrogens is 266 g/mol. The standard InChI is InChI=1S/C17H29NO3/c1-11(2)14-8-3-4-9-15(14)18-16(19)12-6-5-7-13(10-12)17(20)21/h11-15H,3-10H2,1-2H3,(H,18,19)(H,20,21). The second kappa shape index (κ2) is 7.28. The zero-order chi connectivity index (χ0) is 15.4. The smallest absolute Gasteiger partial charge is 0.306 e. The van der Waals surface area contributed by atoms with Gasteiger partial charge in [-0.05, 0) is 43.9 Å². The monoisotopic (exact) mass is 295 g/mol. The molecule has 0 heterocycles. The summed E-state index contributed by atoms with van der Waals surface area (Å²) >= 11 is 0. The maximum atomic E-state index is 12.5. The van der Waals surface area contributed by atoms with Crippen molar-refractivity contribution in [3.05, 3.63) is 0 Å². The summed E-state index contributed by atoms with van der Waals surface area (Å²) in [5.41, 5.74) is 0. The third-order valence-corrected chi connectivity index (χ3v) is 5.40. The number of rotatable bonds is 4. The molecule has 2 aliphatic carbocycles. The molecule has 4 nitrogen and oxygen atoms in total. The van der Waals surface area contributed by atoms with Gasteiger partial charge in [0.2, 0.25) is 5.91 Å². The molecule has 2 saturated carbocycles. The molecule has 0 aromatic heterocycles. The molecule has 4 heteroatoms. The molecule has 0 radical (unpaired) electrons. The lowest BCUT2D eigenvalue weighted by Gasteiger charge is -2.36. The zero-order valence-electron chi connectivity index (χ0n) is 13.3. The van der Waals surface area contributed by atoms with Crippen molar-refractivity contribution in [1.82, 2.24) is 5.32 Å². The Balaban J connectivity index is 1.92. The Kier molecular flexibility index (Phi) is 5.65. The van der Waals surface area contributed by atoms with Gasteiger partial charge in [-0.25, -0.2) is 0 Å². The maximum Gasteiger partial charge on any atom is 0.306 e. The van der Waals surface area contributed by atoms with Crippen molar-refractivity contribution in [2.75, 3.05) is 0 Å². The first-order valence-corrected chi connectivity index (χ1v) is 8.52. The molecule has 2 N–H and O–H groups in total. The number of aliphatic carboxylic acids is 1. The lowest BCUT2D eigenvalue weighted by molar-refractivity contribution is -0.144. The van der Waals surface area contributed by atoms with Gasteiger partial charge in [0.1, 0.15) is 0 Å². The van der Waals surface area contributed by atoms with Crippen LogP contribution in [0, 0.1) is 23.7 Å². The average molecular weight is 295 g/mol. The van der Waals surface area contributed by atoms with E-state index in [0.717, 1.165) is 25.7 Å². The highest BCUT2D eigenvalue weighted by Gasteiger charge is 2.34. The summed E-state index contributed by atoms with van der Waals surface area (Å²) in [4.78, 5) is 23.6. The second-order valence-electron chi connectivity index (χ2n) is 7.21. The molecule has 0 saturated heterocycles. The van der Waals surface area contributed by atoms with Gasteiger partial charge in [0.15, 0.2) is 0 Å². The van der Waals surface area contributed by atoms with Crippen LogP contribution in [-0.2, 0) is 9.59 Å². The number of carboxylic acid groups (broad SMARTS) is 1. The van der Waals surface area contributed by atoms with Gasteiger partial charge in [-0.3, -0.25) is 9.59 Å². The van der Waals surface area contributed by atoms with E-state index < -0.39 is 5.97 Å². The summed E-state index contributed by atoms with van der Waals surface area (Å²) in [6.07, 6.45) is 7.66. The van der Waals surface area contributed by atoms with Crippen LogP contribution in [0.25, 0.3) is 0 Å². The van der Waals surface area contributed by atoms with Crippen LogP contribution in [0.1, 0.15) is 65.2 Å². The van der Waals surface area contributed by atoms with Crippen molar-refractivity contribution >= 4 is 11.9 Å². The highest BCUT2D eigenvalue weighted by Crippen LogP contribution is 2.32. The van der Waals surface area contributed by atoms with Crippen molar-refractivity contribution in [2.45, 2.75) is 71.3 Å². The van der Waals surface area contributed by atoms with Crippen LogP contribution in [0.5, 0.6) is 0 Å². The largest absolute Gasteiger partial charge is 0.481 e. The fourth-order valence-corrected chi connectivity index (χ4v) is 4.09. The lowest BCUT2D eigenvalue weighted by atomic mass is 9.77. The summed E-state index contributed by atoms with van der Waals surface area (Å²) in [6, 6.07) is 0.288. The zero-order valence-corrected chi connectivity index (χ0v) is 13.3. The van der Waals surface area contributed by atoms with Crippen LogP contribution in [-0.4, -0.2) is 23.0 Å². The van der Waals surface area contributed by atoms with Gasteiger partial charge >= 0.3 is 5.97 Å². The molecule has 2 aliphatic rings. The van der Waals surface area contributed by atoms with E-state index in [1.165, 1.54) is 19.3 Å². The van der Waals surface area contributed by atoms with Crippen LogP contribution < -0.4 is 5.32 Å². The van der Waals surface area contributed by atoms with Crippen molar-refractivity contribution in [3.8, 4) is 0 Å². The second-order valence-corrected chi connectivity index (χ2v) is 7.21. The van der Waals surface area contributed by atoms with Crippen LogP contribution in [0.4, 0.5) is 0 Å². The van der Waals surface area contributed by atoms with E-state index in [2.05, 4.69) is 19.2 Å². The molecule has 2 fully saturated rings. The van der Waals surface area contributed by atoms with Gasteiger partial charge in [0, 0.05) is 12.0 Å². The number of hydrogen-bond acceptors (Lipinski definition) is 2. The number of carboxylic acids is 1. The summed E-state index contributed by atoms with van der Waals surface area (Å²) in [5, 5.41) is 12.4. The van der Waals surface area contributed by atoms with Crippen LogP contribution in [0.15, 0.2) is 0 Å². The van der Waals surface area contributed by atoms with E-state index in [0.29, 0.717) is 18.3 Å². The van der Waals surface area contributed by atoms with Gasteiger partial charge in [-0.15, -0.1) is 0 Å². The minimum Gasteiger partial charge on any atom is -0.481 e. The Morgan fingerprint density at radius 3 is 2.33 bits per heavy atom. The Morgan fingerprint density at radius 1 is 1.00 bits per heavy atom. The van der Waals surface area contributed by atoms with Crippen molar-refractivity contribution < 1.29 is 14.7 Å². The summed E-state index contributed by atoms with van der Waals surface area (Å²) < 4.78 is 0. The van der Waals surface area contributed by atoms with Gasteiger partial charge < -0.3 is 10.4 Å². The molecule has 1 amide bonds. The Hall–Kier alpha value is -1.06. The number of amides is 1. The first-order chi connectivity index (χ1) is 9.99. The highest BCUT2D eigenvalue weighted by atomic mass is 16.4. The molecule has 120 valence electrons. The normalized spacial score (nSPS) is 33.7. The van der Waals surface area contributed by atoms with Gasteiger partial charge in [0.25, 0.3) is 0 Å². The van der Waals surface area contributed by atoms with E-state index in [1.807, 2.05) is 0 Å². The van der Waals surface area contributed by atoms with Gasteiger partial charge in [-0.2, -0.15) is 0 Å². The summed E-state index contributed by atoms with van der Waals surface area (Å²) in [5.74, 6) is 0.0790. The third-order valence-electron chi connectivity index (χ3n) is 5.40. The number of nitrogens with one attached hydrogen (secondary N) is 1. The Labute approximate surface area is 127 Å². The van der Waals surface area contributed by atoms with Gasteiger partial charge in [-0.1, -0.05) is 33.1 Å². The minimum atomic E-state index is -0.745. The van der Waals surface area contributed by atoms with Crippen molar-refractivity contribution in [2.24, 2.45) is 23.7 Å². The SMILES string of the molecule is CC(C)C1CCCCC1NC(=O)C1CCCC(C(=O)O)C1. The summed E-state index contributed by atoms with van der Waals surface area (Å²) in [6.45, 7) is 4.46. The number of carbonyl (C=O) groups is 2. The van der Waals surface area contributed by atoms with Gasteiger partial charge in [0.05, 0.1) is 5.92 Å². The van der Waals surface area contributed by atoms with Crippen molar-refractivity contribution in [1.29, 1.82) is 0 Å². The third kappa shape index (κ3) is 4.21. The van der Waals surface area contributed by atoms with E-state index >= 15 is 0 Å². The molecule has 4 unspecified atom stereocenters. The molecule has 0 bridgehead atoms. The van der Waals surface area contributed by atoms with E-state index in [1.54, 1.807) is 0 Å². The first kappa shape index (κ1) is 16.3. The van der Waals surface area contributed by atoms with Crippen LogP contribution >= 0.6 is 0 Å². The lowest BCUT2D eigenvalue weighted by Crippen LogP contribution is -2.47. The molecule has 21 heavy (non-hydrogen) atoms.